The molecule has 0 spiro atoms. The normalized spacial score (nSPS) is 16.9. The average Bonchev–Trinajstić information content (AvgIpc) is 2.18. The Kier molecular flexibility index (Phi) is 6.60. The monoisotopic (exact) mass is 230 g/mol. The third kappa shape index (κ3) is 4.49. The number of hydrogen-bond donors (Lipinski definition) is 3. The maximum atomic E-state index is 12.0. The fraction of sp³-hybridized carbons (Fsp3) is 0.917. The summed E-state index contributed by atoms with van der Waals surface area (Å²) in [6.45, 7) is 8.39. The number of amides is 1. The number of nitrogens with two attached hydrogens (primary N) is 1. The van der Waals surface area contributed by atoms with E-state index in [0.29, 0.717) is 13.0 Å². The van der Waals surface area contributed by atoms with Gasteiger partial charge in [0, 0.05) is 18.7 Å². The van der Waals surface area contributed by atoms with Crippen molar-refractivity contribution in [3.05, 3.63) is 0 Å². The first-order valence-electron chi connectivity index (χ1n) is 6.03. The fourth-order valence-electron chi connectivity index (χ4n) is 1.65. The van der Waals surface area contributed by atoms with Gasteiger partial charge in [0.05, 0.1) is 5.92 Å². The zero-order chi connectivity index (χ0) is 12.8. The molecule has 0 heterocycles. The smallest absolute Gasteiger partial charge is 0.225 e. The highest BCUT2D eigenvalue weighted by Crippen LogP contribution is 2.17. The summed E-state index contributed by atoms with van der Waals surface area (Å²) >= 11 is 0. The Morgan fingerprint density at radius 1 is 1.50 bits per heavy atom. The van der Waals surface area contributed by atoms with E-state index in [-0.39, 0.29) is 29.9 Å². The van der Waals surface area contributed by atoms with Gasteiger partial charge in [-0.15, -0.1) is 0 Å². The Morgan fingerprint density at radius 2 is 2.06 bits per heavy atom. The number of aliphatic hydroxyl groups excluding tert-OH is 1. The first kappa shape index (κ1) is 15.4. The third-order valence-corrected chi connectivity index (χ3v) is 3.26. The molecule has 0 aliphatic heterocycles. The van der Waals surface area contributed by atoms with E-state index in [1.807, 2.05) is 27.7 Å². The van der Waals surface area contributed by atoms with E-state index in [4.69, 9.17) is 10.8 Å². The SMILES string of the molecule is CCC(C)(CCO)NC(=O)C(CN)C(C)C. The summed E-state index contributed by atoms with van der Waals surface area (Å²) < 4.78 is 0. The highest BCUT2D eigenvalue weighted by molar-refractivity contribution is 5.79. The first-order chi connectivity index (χ1) is 7.40. The van der Waals surface area contributed by atoms with E-state index in [1.54, 1.807) is 0 Å². The minimum atomic E-state index is -0.325. The quantitative estimate of drug-likeness (QED) is 0.608. The van der Waals surface area contributed by atoms with Crippen molar-refractivity contribution in [2.24, 2.45) is 17.6 Å². The highest BCUT2D eigenvalue weighted by Gasteiger charge is 2.28. The maximum Gasteiger partial charge on any atom is 0.225 e. The van der Waals surface area contributed by atoms with Gasteiger partial charge in [0.2, 0.25) is 5.91 Å². The van der Waals surface area contributed by atoms with E-state index >= 15 is 0 Å². The zero-order valence-electron chi connectivity index (χ0n) is 10.9. The van der Waals surface area contributed by atoms with Crippen LogP contribution in [0.1, 0.15) is 40.5 Å². The van der Waals surface area contributed by atoms with Crippen LogP contribution in [0.3, 0.4) is 0 Å². The molecule has 4 heteroatoms. The summed E-state index contributed by atoms with van der Waals surface area (Å²) in [7, 11) is 0. The molecule has 0 saturated carbocycles. The number of aliphatic hydroxyl groups is 1. The molecule has 1 amide bonds. The summed E-state index contributed by atoms with van der Waals surface area (Å²) in [5.41, 5.74) is 5.27. The minimum absolute atomic E-state index is 0.00435. The van der Waals surface area contributed by atoms with Gasteiger partial charge in [-0.2, -0.15) is 0 Å². The largest absolute Gasteiger partial charge is 0.396 e. The van der Waals surface area contributed by atoms with Gasteiger partial charge >= 0.3 is 0 Å². The number of hydrogen-bond acceptors (Lipinski definition) is 3. The standard InChI is InChI=1S/C12H26N2O2/c1-5-12(4,6-7-15)14-11(16)10(8-13)9(2)3/h9-10,15H,5-8,13H2,1-4H3,(H,14,16). The van der Waals surface area contributed by atoms with Gasteiger partial charge < -0.3 is 16.2 Å². The Labute approximate surface area is 98.6 Å². The lowest BCUT2D eigenvalue weighted by Crippen LogP contribution is -2.50. The number of rotatable bonds is 7. The van der Waals surface area contributed by atoms with Gasteiger partial charge in [0.25, 0.3) is 0 Å². The molecule has 0 aliphatic rings. The van der Waals surface area contributed by atoms with E-state index in [9.17, 15) is 4.79 Å². The van der Waals surface area contributed by atoms with Crippen LogP contribution in [0.25, 0.3) is 0 Å². The van der Waals surface area contributed by atoms with Crippen LogP contribution in [0.5, 0.6) is 0 Å². The third-order valence-electron chi connectivity index (χ3n) is 3.26. The van der Waals surface area contributed by atoms with E-state index in [0.717, 1.165) is 6.42 Å². The van der Waals surface area contributed by atoms with E-state index in [2.05, 4.69) is 5.32 Å². The van der Waals surface area contributed by atoms with Crippen molar-refractivity contribution in [1.29, 1.82) is 0 Å². The van der Waals surface area contributed by atoms with Crippen LogP contribution in [0, 0.1) is 11.8 Å². The Morgan fingerprint density at radius 3 is 2.38 bits per heavy atom. The van der Waals surface area contributed by atoms with E-state index in [1.165, 1.54) is 0 Å². The molecular weight excluding hydrogens is 204 g/mol. The van der Waals surface area contributed by atoms with Crippen LogP contribution in [0.4, 0.5) is 0 Å². The van der Waals surface area contributed by atoms with Crippen LogP contribution >= 0.6 is 0 Å². The van der Waals surface area contributed by atoms with E-state index < -0.39 is 0 Å². The van der Waals surface area contributed by atoms with Gasteiger partial charge in [-0.25, -0.2) is 0 Å². The van der Waals surface area contributed by atoms with Crippen LogP contribution in [-0.4, -0.2) is 29.7 Å². The molecule has 0 bridgehead atoms. The van der Waals surface area contributed by atoms with Crippen LogP contribution in [-0.2, 0) is 4.79 Å². The molecule has 0 fully saturated rings. The molecule has 0 saturated heterocycles. The van der Waals surface area contributed by atoms with Gasteiger partial charge in [0.15, 0.2) is 0 Å². The topological polar surface area (TPSA) is 75.3 Å². The van der Waals surface area contributed by atoms with Gasteiger partial charge in [-0.3, -0.25) is 4.79 Å². The van der Waals surface area contributed by atoms with Crippen molar-refractivity contribution in [1.82, 2.24) is 5.32 Å². The summed E-state index contributed by atoms with van der Waals surface area (Å²) in [4.78, 5) is 12.0. The zero-order valence-corrected chi connectivity index (χ0v) is 10.9. The molecule has 0 aromatic heterocycles. The van der Waals surface area contributed by atoms with Crippen LogP contribution < -0.4 is 11.1 Å². The molecule has 96 valence electrons. The molecule has 4 nitrogen and oxygen atoms in total. The Bertz CT molecular complexity index is 219. The molecule has 0 aromatic carbocycles. The summed E-state index contributed by atoms with van der Waals surface area (Å²) in [5, 5.41) is 12.0. The Balaban J connectivity index is 4.50. The molecular formula is C12H26N2O2. The average molecular weight is 230 g/mol. The van der Waals surface area contributed by atoms with Crippen LogP contribution in [0.2, 0.25) is 0 Å². The molecule has 0 aliphatic carbocycles. The first-order valence-corrected chi connectivity index (χ1v) is 6.03. The lowest BCUT2D eigenvalue weighted by Gasteiger charge is -2.31. The predicted molar refractivity (Wildman–Crippen MR) is 65.9 cm³/mol. The number of nitrogens with one attached hydrogen (secondary N) is 1. The van der Waals surface area contributed by atoms with Gasteiger partial charge in [-0.1, -0.05) is 20.8 Å². The van der Waals surface area contributed by atoms with Crippen molar-refractivity contribution >= 4 is 5.91 Å². The molecule has 0 radical (unpaired) electrons. The minimum Gasteiger partial charge on any atom is -0.396 e. The lowest BCUT2D eigenvalue weighted by atomic mass is 9.90. The molecule has 2 unspecified atom stereocenters. The highest BCUT2D eigenvalue weighted by atomic mass is 16.3. The second-order valence-electron chi connectivity index (χ2n) is 4.96. The Hall–Kier alpha value is -0.610. The van der Waals surface area contributed by atoms with Gasteiger partial charge in [-0.05, 0) is 25.7 Å². The summed E-state index contributed by atoms with van der Waals surface area (Å²) in [6, 6.07) is 0. The maximum absolute atomic E-state index is 12.0. The van der Waals surface area contributed by atoms with Crippen molar-refractivity contribution < 1.29 is 9.90 Å². The fourth-order valence-corrected chi connectivity index (χ4v) is 1.65. The van der Waals surface area contributed by atoms with Crippen LogP contribution in [0.15, 0.2) is 0 Å². The second-order valence-corrected chi connectivity index (χ2v) is 4.96. The van der Waals surface area contributed by atoms with Crippen molar-refractivity contribution in [2.45, 2.75) is 46.1 Å². The number of carbonyl (C=O) groups excluding carboxylic acids is 1. The molecule has 4 N–H and O–H groups in total. The molecule has 0 aromatic rings. The second kappa shape index (κ2) is 6.86. The molecule has 16 heavy (non-hydrogen) atoms. The lowest BCUT2D eigenvalue weighted by molar-refractivity contribution is -0.128. The van der Waals surface area contributed by atoms with Crippen molar-refractivity contribution in [3.8, 4) is 0 Å². The number of carbonyl (C=O) groups is 1. The van der Waals surface area contributed by atoms with Gasteiger partial charge in [0.1, 0.15) is 0 Å². The van der Waals surface area contributed by atoms with Crippen molar-refractivity contribution in [3.63, 3.8) is 0 Å². The molecule has 2 atom stereocenters. The molecule has 0 rings (SSSR count). The predicted octanol–water partition coefficient (Wildman–Crippen LogP) is 0.885. The summed E-state index contributed by atoms with van der Waals surface area (Å²) in [6.07, 6.45) is 1.37. The van der Waals surface area contributed by atoms with Crippen molar-refractivity contribution in [2.75, 3.05) is 13.2 Å². The summed E-state index contributed by atoms with van der Waals surface area (Å²) in [5.74, 6) is 0.0834.